The van der Waals surface area contributed by atoms with E-state index in [4.69, 9.17) is 10.5 Å². The molecule has 0 spiro atoms. The van der Waals surface area contributed by atoms with Gasteiger partial charge in [-0.3, -0.25) is 4.79 Å². The van der Waals surface area contributed by atoms with E-state index in [1.54, 1.807) is 11.8 Å². The number of nitrogens with two attached hydrogens (primary N) is 1. The summed E-state index contributed by atoms with van der Waals surface area (Å²) >= 11 is 0. The fraction of sp³-hybridized carbons (Fsp3) is 0.875. The number of hydrogen-bond donors (Lipinski definition) is 1. The quantitative estimate of drug-likeness (QED) is 0.608. The number of rotatable bonds is 2. The van der Waals surface area contributed by atoms with Gasteiger partial charge in [0.25, 0.3) is 0 Å². The second-order valence-corrected chi connectivity index (χ2v) is 3.00. The van der Waals surface area contributed by atoms with Crippen LogP contribution in [0.5, 0.6) is 0 Å². The molecule has 1 aliphatic rings. The molecule has 1 saturated heterocycles. The monoisotopic (exact) mass is 172 g/mol. The highest BCUT2D eigenvalue weighted by Gasteiger charge is 2.24. The fourth-order valence-electron chi connectivity index (χ4n) is 1.55. The van der Waals surface area contributed by atoms with Crippen molar-refractivity contribution in [3.8, 4) is 0 Å². The predicted octanol–water partition coefficient (Wildman–Crippen LogP) is 0.278. The summed E-state index contributed by atoms with van der Waals surface area (Å²) in [5.74, 6) is 0.0770. The molecule has 0 bridgehead atoms. The third kappa shape index (κ3) is 2.19. The molecule has 1 heterocycles. The van der Waals surface area contributed by atoms with Gasteiger partial charge in [-0.1, -0.05) is 0 Å². The number of carbonyl (C=O) groups is 1. The zero-order chi connectivity index (χ0) is 8.97. The maximum absolute atomic E-state index is 11.1. The Balaban J connectivity index is 2.48. The standard InChI is InChI=1S/C8H16N2O2/c1-7(11)10-5-3-2-4-8(10)12-6-9/h8H,2-6,9H2,1H3/t8-/m0/s1. The summed E-state index contributed by atoms with van der Waals surface area (Å²) < 4.78 is 5.24. The molecule has 1 rings (SSSR count). The van der Waals surface area contributed by atoms with Gasteiger partial charge in [0.2, 0.25) is 5.91 Å². The molecular weight excluding hydrogens is 156 g/mol. The fourth-order valence-corrected chi connectivity index (χ4v) is 1.55. The van der Waals surface area contributed by atoms with E-state index in [0.29, 0.717) is 0 Å². The van der Waals surface area contributed by atoms with Crippen molar-refractivity contribution in [1.82, 2.24) is 4.90 Å². The average molecular weight is 172 g/mol. The summed E-state index contributed by atoms with van der Waals surface area (Å²) in [7, 11) is 0. The molecule has 1 amide bonds. The lowest BCUT2D eigenvalue weighted by molar-refractivity contribution is -0.148. The van der Waals surface area contributed by atoms with E-state index in [0.717, 1.165) is 25.8 Å². The van der Waals surface area contributed by atoms with Crippen LogP contribution in [0.3, 0.4) is 0 Å². The number of hydrogen-bond acceptors (Lipinski definition) is 3. The zero-order valence-corrected chi connectivity index (χ0v) is 7.45. The number of amides is 1. The van der Waals surface area contributed by atoms with E-state index < -0.39 is 0 Å². The summed E-state index contributed by atoms with van der Waals surface area (Å²) in [6, 6.07) is 0. The summed E-state index contributed by atoms with van der Waals surface area (Å²) in [6.45, 7) is 2.56. The lowest BCUT2D eigenvalue weighted by Crippen LogP contribution is -2.44. The van der Waals surface area contributed by atoms with Crippen LogP contribution in [0.15, 0.2) is 0 Å². The van der Waals surface area contributed by atoms with Crippen LogP contribution in [-0.4, -0.2) is 30.3 Å². The summed E-state index contributed by atoms with van der Waals surface area (Å²) in [5.41, 5.74) is 5.26. The molecule has 0 unspecified atom stereocenters. The molecule has 1 atom stereocenters. The molecule has 70 valence electrons. The second kappa shape index (κ2) is 4.42. The summed E-state index contributed by atoms with van der Waals surface area (Å²) in [4.78, 5) is 12.8. The first kappa shape index (κ1) is 9.48. The first-order valence-electron chi connectivity index (χ1n) is 4.34. The van der Waals surface area contributed by atoms with E-state index in [9.17, 15) is 4.79 Å². The van der Waals surface area contributed by atoms with Crippen molar-refractivity contribution in [1.29, 1.82) is 0 Å². The number of likely N-dealkylation sites (tertiary alicyclic amines) is 1. The second-order valence-electron chi connectivity index (χ2n) is 3.00. The average Bonchev–Trinajstić information content (AvgIpc) is 2.05. The molecular formula is C8H16N2O2. The van der Waals surface area contributed by atoms with Gasteiger partial charge in [-0.25, -0.2) is 0 Å². The minimum absolute atomic E-state index is 0.0770. The normalized spacial score (nSPS) is 24.2. The van der Waals surface area contributed by atoms with Crippen molar-refractivity contribution < 1.29 is 9.53 Å². The molecule has 0 aliphatic carbocycles. The Morgan fingerprint density at radius 3 is 3.00 bits per heavy atom. The molecule has 0 aromatic rings. The van der Waals surface area contributed by atoms with E-state index in [1.165, 1.54) is 0 Å². The molecule has 4 nitrogen and oxygen atoms in total. The van der Waals surface area contributed by atoms with Gasteiger partial charge in [0.1, 0.15) is 6.23 Å². The van der Waals surface area contributed by atoms with E-state index >= 15 is 0 Å². The third-order valence-corrected chi connectivity index (χ3v) is 2.14. The summed E-state index contributed by atoms with van der Waals surface area (Å²) in [5, 5.41) is 0. The Bertz CT molecular complexity index is 159. The minimum Gasteiger partial charge on any atom is -0.343 e. The third-order valence-electron chi connectivity index (χ3n) is 2.14. The topological polar surface area (TPSA) is 55.6 Å². The molecule has 0 aromatic heterocycles. The van der Waals surface area contributed by atoms with Crippen LogP contribution in [0.4, 0.5) is 0 Å². The van der Waals surface area contributed by atoms with Crippen molar-refractivity contribution in [2.24, 2.45) is 5.73 Å². The smallest absolute Gasteiger partial charge is 0.221 e. The lowest BCUT2D eigenvalue weighted by Gasteiger charge is -2.34. The highest BCUT2D eigenvalue weighted by atomic mass is 16.5. The van der Waals surface area contributed by atoms with Crippen LogP contribution in [0, 0.1) is 0 Å². The lowest BCUT2D eigenvalue weighted by atomic mass is 10.1. The maximum atomic E-state index is 11.1. The molecule has 1 fully saturated rings. The number of piperidine rings is 1. The Labute approximate surface area is 72.7 Å². The van der Waals surface area contributed by atoms with Gasteiger partial charge in [0, 0.05) is 13.5 Å². The summed E-state index contributed by atoms with van der Waals surface area (Å²) in [6.07, 6.45) is 3.02. The Morgan fingerprint density at radius 2 is 2.42 bits per heavy atom. The molecule has 0 aromatic carbocycles. The van der Waals surface area contributed by atoms with Crippen molar-refractivity contribution in [3.05, 3.63) is 0 Å². The predicted molar refractivity (Wildman–Crippen MR) is 45.2 cm³/mol. The van der Waals surface area contributed by atoms with Crippen molar-refractivity contribution in [2.45, 2.75) is 32.4 Å². The van der Waals surface area contributed by atoms with Crippen molar-refractivity contribution in [2.75, 3.05) is 13.3 Å². The molecule has 0 saturated carbocycles. The molecule has 4 heteroatoms. The maximum Gasteiger partial charge on any atom is 0.221 e. The molecule has 1 aliphatic heterocycles. The molecule has 2 N–H and O–H groups in total. The van der Waals surface area contributed by atoms with Crippen LogP contribution in [0.2, 0.25) is 0 Å². The number of carbonyl (C=O) groups excluding carboxylic acids is 1. The van der Waals surface area contributed by atoms with Crippen LogP contribution in [-0.2, 0) is 9.53 Å². The highest BCUT2D eigenvalue weighted by Crippen LogP contribution is 2.17. The van der Waals surface area contributed by atoms with Crippen LogP contribution in [0.1, 0.15) is 26.2 Å². The largest absolute Gasteiger partial charge is 0.343 e. The van der Waals surface area contributed by atoms with Gasteiger partial charge >= 0.3 is 0 Å². The number of nitrogens with zero attached hydrogens (tertiary/aromatic N) is 1. The van der Waals surface area contributed by atoms with E-state index in [-0.39, 0.29) is 18.9 Å². The molecule has 12 heavy (non-hydrogen) atoms. The van der Waals surface area contributed by atoms with Gasteiger partial charge in [0.05, 0.1) is 6.73 Å². The molecule has 0 radical (unpaired) electrons. The first-order valence-corrected chi connectivity index (χ1v) is 4.34. The Hall–Kier alpha value is -0.610. The minimum atomic E-state index is -0.0822. The van der Waals surface area contributed by atoms with Gasteiger partial charge in [-0.05, 0) is 19.3 Å². The van der Waals surface area contributed by atoms with E-state index in [1.807, 2.05) is 0 Å². The zero-order valence-electron chi connectivity index (χ0n) is 7.45. The number of ether oxygens (including phenoxy) is 1. The van der Waals surface area contributed by atoms with Crippen molar-refractivity contribution in [3.63, 3.8) is 0 Å². The Morgan fingerprint density at radius 1 is 1.67 bits per heavy atom. The van der Waals surface area contributed by atoms with Gasteiger partial charge < -0.3 is 15.4 Å². The van der Waals surface area contributed by atoms with Crippen LogP contribution < -0.4 is 5.73 Å². The first-order chi connectivity index (χ1) is 5.75. The van der Waals surface area contributed by atoms with Crippen molar-refractivity contribution >= 4 is 5.91 Å². The van der Waals surface area contributed by atoms with E-state index in [2.05, 4.69) is 0 Å². The Kier molecular flexibility index (Phi) is 3.49. The van der Waals surface area contributed by atoms with Gasteiger partial charge in [0.15, 0.2) is 0 Å². The van der Waals surface area contributed by atoms with Crippen LogP contribution in [0.25, 0.3) is 0 Å². The highest BCUT2D eigenvalue weighted by molar-refractivity contribution is 5.73. The van der Waals surface area contributed by atoms with Gasteiger partial charge in [-0.15, -0.1) is 0 Å². The SMILES string of the molecule is CC(=O)N1CCCC[C@@H]1OCN. The van der Waals surface area contributed by atoms with Gasteiger partial charge in [-0.2, -0.15) is 0 Å². The van der Waals surface area contributed by atoms with Crippen LogP contribution >= 0.6 is 0 Å².